The number of aromatic nitrogens is 1. The van der Waals surface area contributed by atoms with Gasteiger partial charge in [0.2, 0.25) is 0 Å². The number of benzene rings is 1. The van der Waals surface area contributed by atoms with Gasteiger partial charge in [-0.25, -0.2) is 9.37 Å². The zero-order valence-electron chi connectivity index (χ0n) is 10.8. The molecular formula is C13H9ClFN3O3. The molecule has 1 N–H and O–H groups in total. The van der Waals surface area contributed by atoms with Crippen LogP contribution in [-0.4, -0.2) is 15.8 Å². The molecule has 1 aromatic carbocycles. The van der Waals surface area contributed by atoms with E-state index in [4.69, 9.17) is 11.6 Å². The van der Waals surface area contributed by atoms with Gasteiger partial charge in [-0.2, -0.15) is 0 Å². The fourth-order valence-corrected chi connectivity index (χ4v) is 1.77. The number of halogens is 2. The molecule has 2 aromatic rings. The first kappa shape index (κ1) is 14.9. The van der Waals surface area contributed by atoms with E-state index in [-0.39, 0.29) is 17.1 Å². The zero-order valence-corrected chi connectivity index (χ0v) is 11.5. The average Bonchev–Trinajstić information content (AvgIpc) is 2.43. The lowest BCUT2D eigenvalue weighted by molar-refractivity contribution is -0.385. The van der Waals surface area contributed by atoms with E-state index in [2.05, 4.69) is 10.3 Å². The highest BCUT2D eigenvalue weighted by molar-refractivity contribution is 6.30. The topological polar surface area (TPSA) is 85.1 Å². The van der Waals surface area contributed by atoms with E-state index in [0.29, 0.717) is 5.02 Å². The highest BCUT2D eigenvalue weighted by Gasteiger charge is 2.20. The maximum atomic E-state index is 13.9. The Morgan fingerprint density at radius 2 is 2.14 bits per heavy atom. The van der Waals surface area contributed by atoms with Crippen molar-refractivity contribution in [1.82, 2.24) is 4.98 Å². The van der Waals surface area contributed by atoms with Crippen LogP contribution in [0.3, 0.4) is 0 Å². The molecule has 0 saturated carbocycles. The molecule has 1 amide bonds. The van der Waals surface area contributed by atoms with Gasteiger partial charge in [-0.1, -0.05) is 11.6 Å². The third kappa shape index (κ3) is 3.32. The van der Waals surface area contributed by atoms with Crippen LogP contribution in [-0.2, 0) is 0 Å². The molecule has 0 aliphatic carbocycles. The number of nitro benzene ring substituents is 1. The van der Waals surface area contributed by atoms with E-state index in [1.165, 1.54) is 25.3 Å². The van der Waals surface area contributed by atoms with Crippen molar-refractivity contribution in [3.63, 3.8) is 0 Å². The van der Waals surface area contributed by atoms with Crippen LogP contribution in [0.1, 0.15) is 15.9 Å². The van der Waals surface area contributed by atoms with Crippen molar-refractivity contribution >= 4 is 29.0 Å². The van der Waals surface area contributed by atoms with Gasteiger partial charge >= 0.3 is 0 Å². The maximum absolute atomic E-state index is 13.9. The van der Waals surface area contributed by atoms with Gasteiger partial charge in [0, 0.05) is 18.3 Å². The van der Waals surface area contributed by atoms with Crippen LogP contribution in [0.2, 0.25) is 5.02 Å². The molecule has 1 aromatic heterocycles. The van der Waals surface area contributed by atoms with Gasteiger partial charge in [-0.3, -0.25) is 14.9 Å². The summed E-state index contributed by atoms with van der Waals surface area (Å²) in [5, 5.41) is 13.5. The smallest absolute Gasteiger partial charge is 0.270 e. The first-order chi connectivity index (χ1) is 9.88. The second-order valence-electron chi connectivity index (χ2n) is 4.20. The number of rotatable bonds is 3. The van der Waals surface area contributed by atoms with Crippen LogP contribution in [0, 0.1) is 22.9 Å². The number of nitro groups is 1. The van der Waals surface area contributed by atoms with Gasteiger partial charge in [0.25, 0.3) is 11.6 Å². The number of aryl methyl sites for hydroxylation is 1. The number of pyridine rings is 1. The molecule has 2 rings (SSSR count). The van der Waals surface area contributed by atoms with E-state index in [9.17, 15) is 19.3 Å². The molecule has 0 aliphatic heterocycles. The van der Waals surface area contributed by atoms with E-state index in [1.807, 2.05) is 0 Å². The Balaban J connectivity index is 2.34. The Labute approximate surface area is 123 Å². The second kappa shape index (κ2) is 5.84. The summed E-state index contributed by atoms with van der Waals surface area (Å²) >= 11 is 5.66. The number of non-ortho nitro benzene ring substituents is 1. The number of anilines is 1. The summed E-state index contributed by atoms with van der Waals surface area (Å²) in [5.74, 6) is -1.48. The Hall–Kier alpha value is -2.54. The van der Waals surface area contributed by atoms with E-state index in [0.717, 1.165) is 12.1 Å². The second-order valence-corrected chi connectivity index (χ2v) is 4.63. The number of hydrogen-bond acceptors (Lipinski definition) is 4. The summed E-state index contributed by atoms with van der Waals surface area (Å²) < 4.78 is 13.9. The van der Waals surface area contributed by atoms with Crippen molar-refractivity contribution in [2.24, 2.45) is 0 Å². The van der Waals surface area contributed by atoms with E-state index < -0.39 is 22.2 Å². The van der Waals surface area contributed by atoms with Gasteiger partial charge in [0.1, 0.15) is 11.6 Å². The van der Waals surface area contributed by atoms with Crippen LogP contribution in [0.15, 0.2) is 30.5 Å². The minimum Gasteiger partial charge on any atom is -0.306 e. The summed E-state index contributed by atoms with van der Waals surface area (Å²) in [7, 11) is 0. The number of carbonyl (C=O) groups excluding carboxylic acids is 1. The van der Waals surface area contributed by atoms with E-state index in [1.54, 1.807) is 0 Å². The zero-order chi connectivity index (χ0) is 15.6. The SMILES string of the molecule is Cc1cc([N+](=O)[O-])cc(C(=O)Nc2ccc(Cl)cn2)c1F. The van der Waals surface area contributed by atoms with Crippen molar-refractivity contribution < 1.29 is 14.1 Å². The molecule has 0 aliphatic rings. The Morgan fingerprint density at radius 3 is 2.71 bits per heavy atom. The highest BCUT2D eigenvalue weighted by atomic mass is 35.5. The molecule has 6 nitrogen and oxygen atoms in total. The third-order valence-electron chi connectivity index (χ3n) is 2.66. The van der Waals surface area contributed by atoms with Crippen LogP contribution in [0.5, 0.6) is 0 Å². The largest absolute Gasteiger partial charge is 0.306 e. The van der Waals surface area contributed by atoms with Crippen molar-refractivity contribution in [2.45, 2.75) is 6.92 Å². The van der Waals surface area contributed by atoms with Crippen LogP contribution < -0.4 is 5.32 Å². The highest BCUT2D eigenvalue weighted by Crippen LogP contribution is 2.22. The Morgan fingerprint density at radius 1 is 1.43 bits per heavy atom. The molecule has 0 atom stereocenters. The number of nitrogens with zero attached hydrogens (tertiary/aromatic N) is 2. The van der Waals surface area contributed by atoms with Gasteiger partial charge < -0.3 is 5.32 Å². The molecule has 0 unspecified atom stereocenters. The Kier molecular flexibility index (Phi) is 4.13. The maximum Gasteiger partial charge on any atom is 0.270 e. The monoisotopic (exact) mass is 309 g/mol. The predicted molar refractivity (Wildman–Crippen MR) is 75.0 cm³/mol. The van der Waals surface area contributed by atoms with Crippen LogP contribution >= 0.6 is 11.6 Å². The van der Waals surface area contributed by atoms with Crippen molar-refractivity contribution in [2.75, 3.05) is 5.32 Å². The average molecular weight is 310 g/mol. The summed E-state index contributed by atoms with van der Waals surface area (Å²) in [4.78, 5) is 25.9. The molecule has 8 heteroatoms. The van der Waals surface area contributed by atoms with Gasteiger partial charge in [0.15, 0.2) is 0 Å². The molecule has 0 spiro atoms. The lowest BCUT2D eigenvalue weighted by Gasteiger charge is -2.07. The number of carbonyl (C=O) groups is 1. The number of hydrogen-bond donors (Lipinski definition) is 1. The fourth-order valence-electron chi connectivity index (χ4n) is 1.65. The molecule has 0 radical (unpaired) electrons. The van der Waals surface area contributed by atoms with Gasteiger partial charge in [-0.05, 0) is 24.6 Å². The lowest BCUT2D eigenvalue weighted by atomic mass is 10.1. The van der Waals surface area contributed by atoms with Crippen LogP contribution in [0.4, 0.5) is 15.9 Å². The number of nitrogens with one attached hydrogen (secondary N) is 1. The van der Waals surface area contributed by atoms with Crippen molar-refractivity contribution in [3.05, 3.63) is 62.5 Å². The minimum atomic E-state index is -0.825. The van der Waals surface area contributed by atoms with Crippen molar-refractivity contribution in [3.8, 4) is 0 Å². The molecule has 21 heavy (non-hydrogen) atoms. The lowest BCUT2D eigenvalue weighted by Crippen LogP contribution is -2.15. The molecule has 1 heterocycles. The fraction of sp³-hybridized carbons (Fsp3) is 0.0769. The van der Waals surface area contributed by atoms with Gasteiger partial charge in [0.05, 0.1) is 15.5 Å². The van der Waals surface area contributed by atoms with Crippen LogP contribution in [0.25, 0.3) is 0 Å². The quantitative estimate of drug-likeness (QED) is 0.696. The molecule has 108 valence electrons. The van der Waals surface area contributed by atoms with Crippen molar-refractivity contribution in [1.29, 1.82) is 0 Å². The molecule has 0 saturated heterocycles. The predicted octanol–water partition coefficient (Wildman–Crippen LogP) is 3.34. The summed E-state index contributed by atoms with van der Waals surface area (Å²) in [5.41, 5.74) is -0.764. The summed E-state index contributed by atoms with van der Waals surface area (Å²) in [6.07, 6.45) is 1.31. The normalized spacial score (nSPS) is 10.2. The molecule has 0 bridgehead atoms. The van der Waals surface area contributed by atoms with Gasteiger partial charge in [-0.15, -0.1) is 0 Å². The number of amides is 1. The minimum absolute atomic E-state index is 0.0124. The Bertz CT molecular complexity index is 719. The third-order valence-corrected chi connectivity index (χ3v) is 2.89. The molecule has 0 fully saturated rings. The summed E-state index contributed by atoms with van der Waals surface area (Å²) in [6, 6.07) is 4.88. The standard InChI is InChI=1S/C13H9ClFN3O3/c1-7-4-9(18(20)21)5-10(12(7)15)13(19)17-11-3-2-8(14)6-16-11/h2-6H,1H3,(H,16,17,19). The van der Waals surface area contributed by atoms with E-state index >= 15 is 0 Å². The first-order valence-electron chi connectivity index (χ1n) is 5.76. The first-order valence-corrected chi connectivity index (χ1v) is 6.13. The summed E-state index contributed by atoms with van der Waals surface area (Å²) in [6.45, 7) is 1.35. The molecular weight excluding hydrogens is 301 g/mol.